The molecule has 1 aliphatic rings. The molecule has 0 saturated carbocycles. The molecule has 0 fully saturated rings. The third kappa shape index (κ3) is 3.47. The summed E-state index contributed by atoms with van der Waals surface area (Å²) < 4.78 is 5.06. The Kier molecular flexibility index (Phi) is 4.69. The largest absolute Gasteiger partial charge is 0.472 e. The highest BCUT2D eigenvalue weighted by Crippen LogP contribution is 2.32. The third-order valence-electron chi connectivity index (χ3n) is 4.93. The fourth-order valence-electron chi connectivity index (χ4n) is 3.61. The lowest BCUT2D eigenvalue weighted by Gasteiger charge is -2.37. The Morgan fingerprint density at radius 1 is 1.08 bits per heavy atom. The zero-order chi connectivity index (χ0) is 17.8. The maximum absolute atomic E-state index is 12.9. The van der Waals surface area contributed by atoms with E-state index in [-0.39, 0.29) is 11.9 Å². The van der Waals surface area contributed by atoms with Crippen molar-refractivity contribution in [3.8, 4) is 0 Å². The summed E-state index contributed by atoms with van der Waals surface area (Å²) in [5.41, 5.74) is 4.74. The molecule has 1 amide bonds. The molecule has 0 saturated heterocycles. The standard InChI is InChI=1S/C23H21NO2/c25-23(11-10-19-13-15-26-17-19)24-14-12-20-8-4-5-9-21(20)22(24)16-18-6-2-1-3-7-18/h1-11,13,15,17,22H,12,14,16H2/b11-10+. The smallest absolute Gasteiger partial charge is 0.247 e. The average molecular weight is 343 g/mol. The Labute approximate surface area is 153 Å². The second-order valence-corrected chi connectivity index (χ2v) is 6.58. The fraction of sp³-hybridized carbons (Fsp3) is 0.174. The molecule has 0 radical (unpaired) electrons. The lowest BCUT2D eigenvalue weighted by Crippen LogP contribution is -2.40. The van der Waals surface area contributed by atoms with Crippen LogP contribution in [0.1, 0.15) is 28.3 Å². The van der Waals surface area contributed by atoms with Crippen molar-refractivity contribution in [2.24, 2.45) is 0 Å². The highest BCUT2D eigenvalue weighted by atomic mass is 16.3. The molecule has 3 aromatic rings. The van der Waals surface area contributed by atoms with Gasteiger partial charge in [0.25, 0.3) is 0 Å². The van der Waals surface area contributed by atoms with E-state index in [9.17, 15) is 4.79 Å². The molecule has 0 aliphatic carbocycles. The first kappa shape index (κ1) is 16.4. The van der Waals surface area contributed by atoms with Crippen LogP contribution < -0.4 is 0 Å². The monoisotopic (exact) mass is 343 g/mol. The van der Waals surface area contributed by atoms with E-state index in [0.29, 0.717) is 0 Å². The van der Waals surface area contributed by atoms with Gasteiger partial charge in [0.2, 0.25) is 5.91 Å². The molecule has 1 aromatic heterocycles. The Bertz CT molecular complexity index is 897. The van der Waals surface area contributed by atoms with Gasteiger partial charge in [-0.1, -0.05) is 54.6 Å². The van der Waals surface area contributed by atoms with Crippen molar-refractivity contribution in [3.63, 3.8) is 0 Å². The van der Waals surface area contributed by atoms with Gasteiger partial charge in [0.15, 0.2) is 0 Å². The van der Waals surface area contributed by atoms with Crippen molar-refractivity contribution in [2.75, 3.05) is 6.54 Å². The maximum atomic E-state index is 12.9. The van der Waals surface area contributed by atoms with Gasteiger partial charge in [-0.2, -0.15) is 0 Å². The lowest BCUT2D eigenvalue weighted by atomic mass is 9.88. The second-order valence-electron chi connectivity index (χ2n) is 6.58. The summed E-state index contributed by atoms with van der Waals surface area (Å²) in [5, 5.41) is 0. The van der Waals surface area contributed by atoms with Crippen LogP contribution in [0.15, 0.2) is 83.7 Å². The van der Waals surface area contributed by atoms with Crippen LogP contribution in [0.5, 0.6) is 0 Å². The van der Waals surface area contributed by atoms with Gasteiger partial charge < -0.3 is 9.32 Å². The highest BCUT2D eigenvalue weighted by Gasteiger charge is 2.29. The molecule has 3 heteroatoms. The fourth-order valence-corrected chi connectivity index (χ4v) is 3.61. The molecule has 130 valence electrons. The number of fused-ring (bicyclic) bond motifs is 1. The van der Waals surface area contributed by atoms with E-state index in [1.54, 1.807) is 18.6 Å². The van der Waals surface area contributed by atoms with Crippen LogP contribution in [0.2, 0.25) is 0 Å². The van der Waals surface area contributed by atoms with Gasteiger partial charge in [0.05, 0.1) is 18.6 Å². The SMILES string of the molecule is O=C(/C=C/c1ccoc1)N1CCc2ccccc2C1Cc1ccccc1. The normalized spacial score (nSPS) is 16.6. The molecule has 1 unspecified atom stereocenters. The number of benzene rings is 2. The molecule has 2 heterocycles. The Morgan fingerprint density at radius 3 is 2.69 bits per heavy atom. The van der Waals surface area contributed by atoms with E-state index < -0.39 is 0 Å². The number of hydrogen-bond acceptors (Lipinski definition) is 2. The second kappa shape index (κ2) is 7.44. The minimum absolute atomic E-state index is 0.0432. The molecule has 4 rings (SSSR count). The van der Waals surface area contributed by atoms with Crippen molar-refractivity contribution in [1.82, 2.24) is 4.90 Å². The Hall–Kier alpha value is -3.07. The molecule has 0 bridgehead atoms. The first-order valence-electron chi connectivity index (χ1n) is 8.94. The molecular formula is C23H21NO2. The molecule has 26 heavy (non-hydrogen) atoms. The van der Waals surface area contributed by atoms with E-state index in [1.807, 2.05) is 23.1 Å². The molecule has 1 aliphatic heterocycles. The summed E-state index contributed by atoms with van der Waals surface area (Å²) in [5.74, 6) is 0.0432. The molecular weight excluding hydrogens is 322 g/mol. The van der Waals surface area contributed by atoms with Crippen molar-refractivity contribution in [3.05, 3.63) is 102 Å². The predicted octanol–water partition coefficient (Wildman–Crippen LogP) is 4.66. The summed E-state index contributed by atoms with van der Waals surface area (Å²) in [6.07, 6.45) is 8.43. The molecule has 0 N–H and O–H groups in total. The van der Waals surface area contributed by atoms with Gasteiger partial charge in [-0.15, -0.1) is 0 Å². The summed E-state index contributed by atoms with van der Waals surface area (Å²) in [6, 6.07) is 20.8. The molecule has 1 atom stereocenters. The number of hydrogen-bond donors (Lipinski definition) is 0. The maximum Gasteiger partial charge on any atom is 0.247 e. The van der Waals surface area contributed by atoms with Gasteiger partial charge in [-0.3, -0.25) is 4.79 Å². The van der Waals surface area contributed by atoms with E-state index in [0.717, 1.165) is 24.9 Å². The van der Waals surface area contributed by atoms with Crippen molar-refractivity contribution in [2.45, 2.75) is 18.9 Å². The summed E-state index contributed by atoms with van der Waals surface area (Å²) in [6.45, 7) is 0.739. The minimum Gasteiger partial charge on any atom is -0.472 e. The molecule has 3 nitrogen and oxygen atoms in total. The van der Waals surface area contributed by atoms with E-state index in [2.05, 4.69) is 48.5 Å². The van der Waals surface area contributed by atoms with Gasteiger partial charge in [-0.25, -0.2) is 0 Å². The van der Waals surface area contributed by atoms with E-state index >= 15 is 0 Å². The number of amides is 1. The minimum atomic E-state index is 0.0432. The topological polar surface area (TPSA) is 33.5 Å². The van der Waals surface area contributed by atoms with E-state index in [1.165, 1.54) is 16.7 Å². The Balaban J connectivity index is 1.63. The van der Waals surface area contributed by atoms with Gasteiger partial charge >= 0.3 is 0 Å². The number of nitrogens with zero attached hydrogens (tertiary/aromatic N) is 1. The molecule has 0 spiro atoms. The number of carbonyl (C=O) groups excluding carboxylic acids is 1. The number of rotatable bonds is 4. The van der Waals surface area contributed by atoms with Crippen molar-refractivity contribution in [1.29, 1.82) is 0 Å². The van der Waals surface area contributed by atoms with Gasteiger partial charge in [0.1, 0.15) is 0 Å². The van der Waals surface area contributed by atoms with Crippen LogP contribution in [-0.2, 0) is 17.6 Å². The Morgan fingerprint density at radius 2 is 1.88 bits per heavy atom. The zero-order valence-corrected chi connectivity index (χ0v) is 14.5. The summed E-state index contributed by atoms with van der Waals surface area (Å²) in [7, 11) is 0. The van der Waals surface area contributed by atoms with Crippen molar-refractivity contribution >= 4 is 12.0 Å². The van der Waals surface area contributed by atoms with Crippen LogP contribution >= 0.6 is 0 Å². The lowest BCUT2D eigenvalue weighted by molar-refractivity contribution is -0.128. The van der Waals surface area contributed by atoms with Crippen LogP contribution in [0, 0.1) is 0 Å². The van der Waals surface area contributed by atoms with Crippen LogP contribution in [0.4, 0.5) is 0 Å². The zero-order valence-electron chi connectivity index (χ0n) is 14.5. The highest BCUT2D eigenvalue weighted by molar-refractivity contribution is 5.92. The van der Waals surface area contributed by atoms with Gasteiger partial charge in [0, 0.05) is 18.2 Å². The van der Waals surface area contributed by atoms with Crippen LogP contribution in [0.3, 0.4) is 0 Å². The van der Waals surface area contributed by atoms with Crippen molar-refractivity contribution < 1.29 is 9.21 Å². The first-order valence-corrected chi connectivity index (χ1v) is 8.94. The van der Waals surface area contributed by atoms with Crippen LogP contribution in [-0.4, -0.2) is 17.4 Å². The summed E-state index contributed by atoms with van der Waals surface area (Å²) in [4.78, 5) is 14.9. The van der Waals surface area contributed by atoms with E-state index in [4.69, 9.17) is 4.42 Å². The number of furan rings is 1. The third-order valence-corrected chi connectivity index (χ3v) is 4.93. The first-order chi connectivity index (χ1) is 12.8. The quantitative estimate of drug-likeness (QED) is 0.646. The average Bonchev–Trinajstić information content (AvgIpc) is 3.21. The molecule has 2 aromatic carbocycles. The predicted molar refractivity (Wildman–Crippen MR) is 102 cm³/mol. The van der Waals surface area contributed by atoms with Gasteiger partial charge in [-0.05, 0) is 41.7 Å². The summed E-state index contributed by atoms with van der Waals surface area (Å²) >= 11 is 0. The van der Waals surface area contributed by atoms with Crippen LogP contribution in [0.25, 0.3) is 6.08 Å². The number of carbonyl (C=O) groups is 1.